The molecule has 28 heavy (non-hydrogen) atoms. The highest BCUT2D eigenvalue weighted by atomic mass is 16.3. The van der Waals surface area contributed by atoms with Gasteiger partial charge < -0.3 is 20.0 Å². The normalized spacial score (nSPS) is 11.4. The number of aliphatic imine (C=N–C) groups is 1. The Hall–Kier alpha value is -3.28. The molecule has 0 aliphatic carbocycles. The van der Waals surface area contributed by atoms with Crippen molar-refractivity contribution in [2.45, 2.75) is 20.0 Å². The quantitative estimate of drug-likeness (QED) is 0.508. The summed E-state index contributed by atoms with van der Waals surface area (Å²) in [4.78, 5) is 10.9. The number of anilines is 1. The lowest BCUT2D eigenvalue weighted by atomic mass is 10.1. The van der Waals surface area contributed by atoms with E-state index in [1.807, 2.05) is 26.2 Å². The van der Waals surface area contributed by atoms with E-state index in [4.69, 9.17) is 4.42 Å². The van der Waals surface area contributed by atoms with Crippen molar-refractivity contribution in [2.75, 3.05) is 26.0 Å². The minimum absolute atomic E-state index is 0.534. The van der Waals surface area contributed by atoms with Crippen molar-refractivity contribution in [3.63, 3.8) is 0 Å². The SMILES string of the molecule is CN=C(NCc1cccc(N(C)C)c1)NCc1coc(-c2ccc(C)cc2)n1. The van der Waals surface area contributed by atoms with Crippen molar-refractivity contribution in [1.82, 2.24) is 15.6 Å². The van der Waals surface area contributed by atoms with Crippen molar-refractivity contribution in [3.8, 4) is 11.5 Å². The van der Waals surface area contributed by atoms with Crippen molar-refractivity contribution < 1.29 is 4.42 Å². The molecule has 0 aliphatic heterocycles. The Bertz CT molecular complexity index is 928. The van der Waals surface area contributed by atoms with Crippen LogP contribution in [0.3, 0.4) is 0 Å². The predicted octanol–water partition coefficient (Wildman–Crippen LogP) is 3.58. The Balaban J connectivity index is 1.54. The van der Waals surface area contributed by atoms with Gasteiger partial charge in [-0.1, -0.05) is 29.8 Å². The van der Waals surface area contributed by atoms with Crippen LogP contribution < -0.4 is 15.5 Å². The number of hydrogen-bond donors (Lipinski definition) is 2. The monoisotopic (exact) mass is 377 g/mol. The molecule has 146 valence electrons. The molecule has 0 aliphatic rings. The summed E-state index contributed by atoms with van der Waals surface area (Å²) in [5, 5.41) is 6.60. The molecule has 1 aromatic heterocycles. The topological polar surface area (TPSA) is 65.7 Å². The molecule has 3 aromatic rings. The second-order valence-corrected chi connectivity index (χ2v) is 6.85. The van der Waals surface area contributed by atoms with E-state index in [2.05, 4.69) is 68.8 Å². The molecule has 2 N–H and O–H groups in total. The van der Waals surface area contributed by atoms with Gasteiger partial charge >= 0.3 is 0 Å². The number of aromatic nitrogens is 1. The second-order valence-electron chi connectivity index (χ2n) is 6.85. The highest BCUT2D eigenvalue weighted by molar-refractivity contribution is 5.79. The third kappa shape index (κ3) is 5.13. The highest BCUT2D eigenvalue weighted by Crippen LogP contribution is 2.19. The van der Waals surface area contributed by atoms with E-state index in [1.165, 1.54) is 16.8 Å². The van der Waals surface area contributed by atoms with Gasteiger partial charge in [0.1, 0.15) is 6.26 Å². The number of guanidine groups is 1. The van der Waals surface area contributed by atoms with E-state index >= 15 is 0 Å². The molecular formula is C22H27N5O. The van der Waals surface area contributed by atoms with Crippen molar-refractivity contribution in [2.24, 2.45) is 4.99 Å². The smallest absolute Gasteiger partial charge is 0.226 e. The minimum Gasteiger partial charge on any atom is -0.444 e. The van der Waals surface area contributed by atoms with Gasteiger partial charge in [0.05, 0.1) is 12.2 Å². The molecule has 0 spiro atoms. The van der Waals surface area contributed by atoms with E-state index in [1.54, 1.807) is 13.3 Å². The lowest BCUT2D eigenvalue weighted by Gasteiger charge is -2.15. The summed E-state index contributed by atoms with van der Waals surface area (Å²) >= 11 is 0. The first kappa shape index (κ1) is 19.5. The van der Waals surface area contributed by atoms with Crippen LogP contribution in [-0.4, -0.2) is 32.1 Å². The van der Waals surface area contributed by atoms with Gasteiger partial charge in [-0.05, 0) is 36.8 Å². The molecular weight excluding hydrogens is 350 g/mol. The van der Waals surface area contributed by atoms with Crippen LogP contribution in [0.25, 0.3) is 11.5 Å². The van der Waals surface area contributed by atoms with Gasteiger partial charge in [0.25, 0.3) is 0 Å². The van der Waals surface area contributed by atoms with E-state index in [0.717, 1.165) is 17.2 Å². The van der Waals surface area contributed by atoms with Gasteiger partial charge in [0.2, 0.25) is 5.89 Å². The van der Waals surface area contributed by atoms with E-state index in [-0.39, 0.29) is 0 Å². The van der Waals surface area contributed by atoms with Crippen molar-refractivity contribution >= 4 is 11.6 Å². The lowest BCUT2D eigenvalue weighted by Crippen LogP contribution is -2.36. The molecule has 6 nitrogen and oxygen atoms in total. The Labute approximate surface area is 166 Å². The molecule has 0 bridgehead atoms. The van der Waals surface area contributed by atoms with Crippen LogP contribution >= 0.6 is 0 Å². The van der Waals surface area contributed by atoms with Gasteiger partial charge in [0, 0.05) is 38.9 Å². The fourth-order valence-corrected chi connectivity index (χ4v) is 2.74. The molecule has 0 amide bonds. The number of benzene rings is 2. The fourth-order valence-electron chi connectivity index (χ4n) is 2.74. The maximum Gasteiger partial charge on any atom is 0.226 e. The molecule has 0 atom stereocenters. The summed E-state index contributed by atoms with van der Waals surface area (Å²) in [6, 6.07) is 16.5. The molecule has 1 heterocycles. The Morgan fingerprint density at radius 2 is 1.82 bits per heavy atom. The molecule has 0 saturated carbocycles. The molecule has 0 saturated heterocycles. The van der Waals surface area contributed by atoms with Crippen molar-refractivity contribution in [1.29, 1.82) is 0 Å². The number of oxazole rings is 1. The fraction of sp³-hybridized carbons (Fsp3) is 0.273. The summed E-state index contributed by atoms with van der Waals surface area (Å²) in [5.74, 6) is 1.34. The maximum atomic E-state index is 5.61. The van der Waals surface area contributed by atoms with Crippen LogP contribution in [0.5, 0.6) is 0 Å². The summed E-state index contributed by atoms with van der Waals surface area (Å²) < 4.78 is 5.61. The van der Waals surface area contributed by atoms with E-state index in [0.29, 0.717) is 19.0 Å². The summed E-state index contributed by atoms with van der Waals surface area (Å²) in [6.45, 7) is 3.28. The largest absolute Gasteiger partial charge is 0.444 e. The van der Waals surface area contributed by atoms with E-state index in [9.17, 15) is 0 Å². The number of hydrogen-bond acceptors (Lipinski definition) is 4. The third-order valence-corrected chi connectivity index (χ3v) is 4.40. The minimum atomic E-state index is 0.534. The zero-order valence-corrected chi connectivity index (χ0v) is 16.9. The van der Waals surface area contributed by atoms with Crippen LogP contribution in [0.1, 0.15) is 16.8 Å². The molecule has 0 fully saturated rings. The van der Waals surface area contributed by atoms with Gasteiger partial charge in [0.15, 0.2) is 5.96 Å². The average molecular weight is 377 g/mol. The number of aryl methyl sites for hydroxylation is 1. The second kappa shape index (κ2) is 9.08. The first-order valence-corrected chi connectivity index (χ1v) is 9.27. The van der Waals surface area contributed by atoms with Crippen LogP contribution in [-0.2, 0) is 13.1 Å². The molecule has 0 radical (unpaired) electrons. The predicted molar refractivity (Wildman–Crippen MR) is 114 cm³/mol. The standard InChI is InChI=1S/C22H27N5O/c1-16-8-10-18(11-9-16)21-26-19(15-28-21)14-25-22(23-2)24-13-17-6-5-7-20(12-17)27(3)4/h5-12,15H,13-14H2,1-4H3,(H2,23,24,25). The first-order chi connectivity index (χ1) is 13.5. The Morgan fingerprint density at radius 3 is 2.54 bits per heavy atom. The maximum absolute atomic E-state index is 5.61. The summed E-state index contributed by atoms with van der Waals surface area (Å²) in [6.07, 6.45) is 1.68. The zero-order valence-electron chi connectivity index (χ0n) is 16.9. The van der Waals surface area contributed by atoms with Gasteiger partial charge in [-0.2, -0.15) is 0 Å². The zero-order chi connectivity index (χ0) is 19.9. The van der Waals surface area contributed by atoms with Crippen LogP contribution in [0.2, 0.25) is 0 Å². The highest BCUT2D eigenvalue weighted by Gasteiger charge is 2.07. The molecule has 3 rings (SSSR count). The van der Waals surface area contributed by atoms with Gasteiger partial charge in [-0.25, -0.2) is 4.98 Å². The number of nitrogens with zero attached hydrogens (tertiary/aromatic N) is 3. The summed E-state index contributed by atoms with van der Waals surface area (Å²) in [7, 11) is 5.83. The number of rotatable bonds is 6. The average Bonchev–Trinajstić information content (AvgIpc) is 3.18. The molecule has 0 unspecified atom stereocenters. The first-order valence-electron chi connectivity index (χ1n) is 9.27. The van der Waals surface area contributed by atoms with Gasteiger partial charge in [-0.3, -0.25) is 4.99 Å². The van der Waals surface area contributed by atoms with Crippen LogP contribution in [0, 0.1) is 6.92 Å². The van der Waals surface area contributed by atoms with Crippen LogP contribution in [0.15, 0.2) is 64.2 Å². The van der Waals surface area contributed by atoms with Gasteiger partial charge in [-0.15, -0.1) is 0 Å². The Kier molecular flexibility index (Phi) is 6.32. The lowest BCUT2D eigenvalue weighted by molar-refractivity contribution is 0.572. The van der Waals surface area contributed by atoms with Crippen molar-refractivity contribution in [3.05, 3.63) is 71.6 Å². The summed E-state index contributed by atoms with van der Waals surface area (Å²) in [5.41, 5.74) is 5.38. The molecule has 2 aromatic carbocycles. The van der Waals surface area contributed by atoms with Crippen LogP contribution in [0.4, 0.5) is 5.69 Å². The molecule has 6 heteroatoms. The Morgan fingerprint density at radius 1 is 1.07 bits per heavy atom. The third-order valence-electron chi connectivity index (χ3n) is 4.40. The van der Waals surface area contributed by atoms with E-state index < -0.39 is 0 Å². The number of nitrogens with one attached hydrogen (secondary N) is 2.